The molecular weight excluding hydrogens is 439 g/mol. The van der Waals surface area contributed by atoms with E-state index in [9.17, 15) is 32.7 Å². The molecule has 3 amide bonds. The number of halogens is 3. The maximum Gasteiger partial charge on any atom is 0.416 e. The molecule has 4 rings (SSSR count). The Morgan fingerprint density at radius 2 is 1.82 bits per heavy atom. The first-order chi connectivity index (χ1) is 15.6. The fourth-order valence-electron chi connectivity index (χ4n) is 3.83. The molecule has 1 atom stereocenters. The Bertz CT molecular complexity index is 1230. The molecule has 1 unspecified atom stereocenters. The number of aromatic hydroxyl groups is 1. The van der Waals surface area contributed by atoms with Gasteiger partial charge in [0, 0.05) is 29.9 Å². The minimum absolute atomic E-state index is 0.0624. The van der Waals surface area contributed by atoms with Crippen LogP contribution in [0.5, 0.6) is 5.88 Å². The van der Waals surface area contributed by atoms with Crippen molar-refractivity contribution in [2.75, 3.05) is 0 Å². The van der Waals surface area contributed by atoms with Gasteiger partial charge in [0.25, 0.3) is 0 Å². The maximum atomic E-state index is 12.6. The first kappa shape index (κ1) is 22.4. The van der Waals surface area contributed by atoms with Crippen LogP contribution in [0.15, 0.2) is 48.7 Å². The lowest BCUT2D eigenvalue weighted by Gasteiger charge is -2.22. The summed E-state index contributed by atoms with van der Waals surface area (Å²) in [6.07, 6.45) is -2.40. The van der Waals surface area contributed by atoms with Gasteiger partial charge in [-0.15, -0.1) is 0 Å². The Kier molecular flexibility index (Phi) is 5.84. The van der Waals surface area contributed by atoms with Gasteiger partial charge in [0.15, 0.2) is 5.88 Å². The number of hydrogen-bond acceptors (Lipinski definition) is 4. The van der Waals surface area contributed by atoms with Crippen molar-refractivity contribution in [3.63, 3.8) is 0 Å². The minimum Gasteiger partial charge on any atom is -0.494 e. The standard InChI is InChI=1S/C23H20F3N3O4/c24-23(25,26)16-4-1-13(2-5-16)10-20(31)27-11-14-3-6-17-15(9-14)12-29(22(17)33)18-7-8-19(30)28-21(18)32/h1-6,9,12,18,33H,7-8,10-11H2,(H,27,31)(H,28,30,32). The normalized spacial score (nSPS) is 16.6. The van der Waals surface area contributed by atoms with Crippen molar-refractivity contribution in [1.29, 1.82) is 0 Å². The van der Waals surface area contributed by atoms with E-state index in [2.05, 4.69) is 10.6 Å². The van der Waals surface area contributed by atoms with Crippen molar-refractivity contribution in [2.24, 2.45) is 0 Å². The highest BCUT2D eigenvalue weighted by Gasteiger charge is 2.31. The van der Waals surface area contributed by atoms with E-state index in [1.165, 1.54) is 16.7 Å². The number of aromatic nitrogens is 1. The van der Waals surface area contributed by atoms with E-state index in [4.69, 9.17) is 0 Å². The number of hydrogen-bond donors (Lipinski definition) is 3. The molecule has 1 aliphatic heterocycles. The number of carbonyl (C=O) groups excluding carboxylic acids is 3. The zero-order valence-corrected chi connectivity index (χ0v) is 17.3. The fraction of sp³-hybridized carbons (Fsp3) is 0.261. The molecule has 0 aliphatic carbocycles. The monoisotopic (exact) mass is 459 g/mol. The Balaban J connectivity index is 1.41. The second-order valence-corrected chi connectivity index (χ2v) is 7.90. The highest BCUT2D eigenvalue weighted by Crippen LogP contribution is 2.33. The van der Waals surface area contributed by atoms with Gasteiger partial charge < -0.3 is 15.0 Å². The highest BCUT2D eigenvalue weighted by atomic mass is 19.4. The van der Waals surface area contributed by atoms with Gasteiger partial charge in [0.05, 0.1) is 12.0 Å². The first-order valence-electron chi connectivity index (χ1n) is 10.2. The number of piperidine rings is 1. The molecule has 0 spiro atoms. The Labute approximate surface area is 186 Å². The summed E-state index contributed by atoms with van der Waals surface area (Å²) in [4.78, 5) is 35.7. The largest absolute Gasteiger partial charge is 0.494 e. The van der Waals surface area contributed by atoms with Gasteiger partial charge in [0.1, 0.15) is 6.04 Å². The van der Waals surface area contributed by atoms with Crippen molar-refractivity contribution in [2.45, 2.75) is 38.0 Å². The number of amides is 3. The Morgan fingerprint density at radius 1 is 1.12 bits per heavy atom. The lowest BCUT2D eigenvalue weighted by atomic mass is 10.1. The van der Waals surface area contributed by atoms with Crippen LogP contribution in [0.3, 0.4) is 0 Å². The predicted molar refractivity (Wildman–Crippen MR) is 112 cm³/mol. The third-order valence-electron chi connectivity index (χ3n) is 5.56. The molecule has 2 aromatic carbocycles. The molecule has 3 aromatic rings. The van der Waals surface area contributed by atoms with Crippen LogP contribution < -0.4 is 10.6 Å². The average Bonchev–Trinajstić information content (AvgIpc) is 3.07. The van der Waals surface area contributed by atoms with E-state index >= 15 is 0 Å². The maximum absolute atomic E-state index is 12.6. The third kappa shape index (κ3) is 4.84. The van der Waals surface area contributed by atoms with Gasteiger partial charge in [0.2, 0.25) is 17.7 Å². The van der Waals surface area contributed by atoms with Crippen molar-refractivity contribution in [3.05, 3.63) is 65.4 Å². The topological polar surface area (TPSA) is 100 Å². The summed E-state index contributed by atoms with van der Waals surface area (Å²) in [7, 11) is 0. The van der Waals surface area contributed by atoms with Gasteiger partial charge in [-0.3, -0.25) is 19.7 Å². The second-order valence-electron chi connectivity index (χ2n) is 7.90. The molecule has 33 heavy (non-hydrogen) atoms. The lowest BCUT2D eigenvalue weighted by Crippen LogP contribution is -2.41. The van der Waals surface area contributed by atoms with Crippen LogP contribution in [0, 0.1) is 0 Å². The summed E-state index contributed by atoms with van der Waals surface area (Å²) in [5.74, 6) is -1.25. The number of nitrogens with one attached hydrogen (secondary N) is 2. The Morgan fingerprint density at radius 3 is 2.48 bits per heavy atom. The molecule has 7 nitrogen and oxygen atoms in total. The zero-order chi connectivity index (χ0) is 23.8. The molecule has 10 heteroatoms. The number of carbonyl (C=O) groups is 3. The third-order valence-corrected chi connectivity index (χ3v) is 5.56. The summed E-state index contributed by atoms with van der Waals surface area (Å²) in [5.41, 5.74) is 0.429. The smallest absolute Gasteiger partial charge is 0.416 e. The predicted octanol–water partition coefficient (Wildman–Crippen LogP) is 3.20. The average molecular weight is 459 g/mol. The number of benzene rings is 2. The van der Waals surface area contributed by atoms with Crippen LogP contribution in [-0.4, -0.2) is 27.4 Å². The number of rotatable bonds is 5. The highest BCUT2D eigenvalue weighted by molar-refractivity contribution is 6.00. The number of fused-ring (bicyclic) bond motifs is 1. The molecule has 2 heterocycles. The molecule has 1 saturated heterocycles. The van der Waals surface area contributed by atoms with Crippen LogP contribution in [0.4, 0.5) is 13.2 Å². The summed E-state index contributed by atoms with van der Waals surface area (Å²) >= 11 is 0. The number of alkyl halides is 3. The zero-order valence-electron chi connectivity index (χ0n) is 17.3. The first-order valence-corrected chi connectivity index (χ1v) is 10.2. The molecule has 1 aliphatic rings. The van der Waals surface area contributed by atoms with Gasteiger partial charge in [-0.05, 0) is 41.8 Å². The van der Waals surface area contributed by atoms with E-state index in [1.54, 1.807) is 24.4 Å². The van der Waals surface area contributed by atoms with E-state index in [1.807, 2.05) is 0 Å². The van der Waals surface area contributed by atoms with Crippen LogP contribution in [0.2, 0.25) is 0 Å². The summed E-state index contributed by atoms with van der Waals surface area (Å²) < 4.78 is 39.3. The summed E-state index contributed by atoms with van der Waals surface area (Å²) in [6, 6.07) is 8.88. The Hall–Kier alpha value is -3.82. The van der Waals surface area contributed by atoms with Crippen LogP contribution in [0.25, 0.3) is 10.8 Å². The van der Waals surface area contributed by atoms with Gasteiger partial charge >= 0.3 is 6.18 Å². The SMILES string of the molecule is O=C(Cc1ccc(C(F)(F)F)cc1)NCc1ccc2c(O)n(C3CCC(=O)NC3=O)cc2c1. The quantitative estimate of drug-likeness (QED) is 0.510. The molecule has 172 valence electrons. The van der Waals surface area contributed by atoms with E-state index in [0.29, 0.717) is 16.3 Å². The lowest BCUT2D eigenvalue weighted by molar-refractivity contribution is -0.138. The number of nitrogens with zero attached hydrogens (tertiary/aromatic N) is 1. The number of imide groups is 1. The molecule has 0 saturated carbocycles. The summed E-state index contributed by atoms with van der Waals surface area (Å²) in [5, 5.41) is 16.7. The molecule has 3 N–H and O–H groups in total. The van der Waals surface area contributed by atoms with E-state index in [0.717, 1.165) is 17.7 Å². The molecule has 0 radical (unpaired) electrons. The minimum atomic E-state index is -4.43. The molecule has 0 bridgehead atoms. The van der Waals surface area contributed by atoms with Gasteiger partial charge in [-0.25, -0.2) is 0 Å². The van der Waals surface area contributed by atoms with Gasteiger partial charge in [-0.2, -0.15) is 13.2 Å². The summed E-state index contributed by atoms with van der Waals surface area (Å²) in [6.45, 7) is 0.180. The fourth-order valence-corrected chi connectivity index (χ4v) is 3.83. The van der Waals surface area contributed by atoms with Gasteiger partial charge in [-0.1, -0.05) is 18.2 Å². The van der Waals surface area contributed by atoms with Crippen LogP contribution in [0.1, 0.15) is 35.6 Å². The molecule has 1 fully saturated rings. The van der Waals surface area contributed by atoms with Crippen LogP contribution >= 0.6 is 0 Å². The van der Waals surface area contributed by atoms with Crippen molar-refractivity contribution >= 4 is 28.5 Å². The molecule has 1 aromatic heterocycles. The van der Waals surface area contributed by atoms with E-state index in [-0.39, 0.29) is 43.5 Å². The van der Waals surface area contributed by atoms with E-state index < -0.39 is 23.7 Å². The van der Waals surface area contributed by atoms with Crippen molar-refractivity contribution in [1.82, 2.24) is 15.2 Å². The second kappa shape index (κ2) is 8.61. The van der Waals surface area contributed by atoms with Crippen molar-refractivity contribution < 1.29 is 32.7 Å². The molecular formula is C23H20F3N3O4. The van der Waals surface area contributed by atoms with Crippen molar-refractivity contribution in [3.8, 4) is 5.88 Å². The van der Waals surface area contributed by atoms with Crippen LogP contribution in [-0.2, 0) is 33.5 Å².